The zero-order valence-corrected chi connectivity index (χ0v) is 19.9. The van der Waals surface area contributed by atoms with Crippen LogP contribution >= 0.6 is 0 Å². The maximum absolute atomic E-state index is 13.4. The largest absolute Gasteiger partial charge is 0.361 e. The highest BCUT2D eigenvalue weighted by Gasteiger charge is 2.29. The van der Waals surface area contributed by atoms with Crippen LogP contribution in [-0.4, -0.2) is 46.9 Å². The van der Waals surface area contributed by atoms with Crippen LogP contribution in [0.2, 0.25) is 0 Å². The fourth-order valence-corrected chi connectivity index (χ4v) is 4.81. The van der Waals surface area contributed by atoms with Crippen molar-refractivity contribution in [1.29, 1.82) is 0 Å². The quantitative estimate of drug-likeness (QED) is 0.353. The van der Waals surface area contributed by atoms with E-state index in [1.165, 1.54) is 29.8 Å². The number of hydrogen-bond donors (Lipinski definition) is 3. The lowest BCUT2D eigenvalue weighted by molar-refractivity contribution is -0.123. The van der Waals surface area contributed by atoms with E-state index >= 15 is 0 Å². The first-order valence-electron chi connectivity index (χ1n) is 12.2. The topological polar surface area (TPSA) is 77.2 Å². The third-order valence-electron chi connectivity index (χ3n) is 6.69. The Morgan fingerprint density at radius 1 is 1.00 bits per heavy atom. The number of nitrogens with one attached hydrogen (secondary N) is 3. The summed E-state index contributed by atoms with van der Waals surface area (Å²) in [5.74, 6) is -1.05. The minimum Gasteiger partial charge on any atom is -0.361 e. The van der Waals surface area contributed by atoms with Crippen molar-refractivity contribution in [1.82, 2.24) is 20.5 Å². The summed E-state index contributed by atoms with van der Waals surface area (Å²) in [5, 5.41) is 7.05. The second-order valence-electron chi connectivity index (χ2n) is 9.31. The van der Waals surface area contributed by atoms with Crippen molar-refractivity contribution >= 4 is 22.7 Å². The van der Waals surface area contributed by atoms with Gasteiger partial charge in [-0.3, -0.25) is 14.5 Å². The Labute approximate surface area is 209 Å². The van der Waals surface area contributed by atoms with Crippen LogP contribution in [-0.2, 0) is 17.8 Å². The molecule has 0 radical (unpaired) electrons. The highest BCUT2D eigenvalue weighted by Crippen LogP contribution is 2.20. The van der Waals surface area contributed by atoms with Crippen molar-refractivity contribution in [3.8, 4) is 0 Å². The summed E-state index contributed by atoms with van der Waals surface area (Å²) in [7, 11) is 0. The van der Waals surface area contributed by atoms with Gasteiger partial charge >= 0.3 is 0 Å². The first kappa shape index (κ1) is 23.8. The van der Waals surface area contributed by atoms with Crippen LogP contribution in [0.5, 0.6) is 0 Å². The summed E-state index contributed by atoms with van der Waals surface area (Å²) in [4.78, 5) is 31.9. The molecule has 3 N–H and O–H groups in total. The molecule has 0 saturated carbocycles. The Bertz CT molecular complexity index is 1340. The summed E-state index contributed by atoms with van der Waals surface area (Å²) in [6.07, 6.45) is 3.07. The normalized spacial score (nSPS) is 16.6. The minimum atomic E-state index is -0.773. The summed E-state index contributed by atoms with van der Waals surface area (Å²) in [6.45, 7) is 2.49. The molecule has 1 aromatic heterocycles. The molecule has 184 valence electrons. The van der Waals surface area contributed by atoms with Gasteiger partial charge in [-0.15, -0.1) is 0 Å². The Kier molecular flexibility index (Phi) is 7.09. The average molecular weight is 485 g/mol. The van der Waals surface area contributed by atoms with E-state index in [0.29, 0.717) is 12.0 Å². The van der Waals surface area contributed by atoms with Crippen molar-refractivity contribution in [2.24, 2.45) is 0 Å². The van der Waals surface area contributed by atoms with Crippen molar-refractivity contribution in [3.05, 3.63) is 108 Å². The van der Waals surface area contributed by atoms with Crippen LogP contribution < -0.4 is 10.6 Å². The number of aromatic amines is 1. The SMILES string of the molecule is O=C(NC(Cc1c[nH]c2ccccc12)C(=O)NC1CCN(Cc2ccccc2)C1)c1ccc(F)cc1. The van der Waals surface area contributed by atoms with Crippen molar-refractivity contribution < 1.29 is 14.0 Å². The van der Waals surface area contributed by atoms with Gasteiger partial charge in [0, 0.05) is 54.8 Å². The maximum atomic E-state index is 13.4. The summed E-state index contributed by atoms with van der Waals surface area (Å²) in [5.41, 5.74) is 3.47. The molecule has 0 bridgehead atoms. The molecule has 7 heteroatoms. The molecule has 2 unspecified atom stereocenters. The van der Waals surface area contributed by atoms with Crippen LogP contribution in [0.4, 0.5) is 4.39 Å². The van der Waals surface area contributed by atoms with Gasteiger partial charge in [-0.2, -0.15) is 0 Å². The molecule has 6 nitrogen and oxygen atoms in total. The van der Waals surface area contributed by atoms with Crippen molar-refractivity contribution in [2.75, 3.05) is 13.1 Å². The number of benzene rings is 3. The maximum Gasteiger partial charge on any atom is 0.251 e. The molecule has 5 rings (SSSR count). The Hall–Kier alpha value is -3.97. The van der Waals surface area contributed by atoms with Crippen LogP contribution in [0.1, 0.15) is 27.9 Å². The number of para-hydroxylation sites is 1. The number of likely N-dealkylation sites (tertiary alicyclic amines) is 1. The van der Waals surface area contributed by atoms with Crippen LogP contribution in [0.15, 0.2) is 85.1 Å². The smallest absolute Gasteiger partial charge is 0.251 e. The summed E-state index contributed by atoms with van der Waals surface area (Å²) in [6, 6.07) is 22.7. The number of nitrogens with zero attached hydrogens (tertiary/aromatic N) is 1. The van der Waals surface area contributed by atoms with Gasteiger partial charge in [-0.25, -0.2) is 4.39 Å². The van der Waals surface area contributed by atoms with Gasteiger partial charge in [-0.1, -0.05) is 48.5 Å². The number of rotatable bonds is 8. The Balaban J connectivity index is 1.29. The molecule has 1 aliphatic rings. The molecule has 4 aromatic rings. The average Bonchev–Trinajstić information content (AvgIpc) is 3.51. The lowest BCUT2D eigenvalue weighted by atomic mass is 10.0. The third kappa shape index (κ3) is 5.63. The zero-order chi connectivity index (χ0) is 24.9. The van der Waals surface area contributed by atoms with E-state index in [0.717, 1.165) is 42.5 Å². The van der Waals surface area contributed by atoms with Gasteiger partial charge in [0.1, 0.15) is 11.9 Å². The van der Waals surface area contributed by atoms with Crippen molar-refractivity contribution in [3.63, 3.8) is 0 Å². The third-order valence-corrected chi connectivity index (χ3v) is 6.69. The summed E-state index contributed by atoms with van der Waals surface area (Å²) < 4.78 is 13.3. The van der Waals surface area contributed by atoms with Gasteiger partial charge in [0.05, 0.1) is 0 Å². The number of amides is 2. The number of carbonyl (C=O) groups is 2. The minimum absolute atomic E-state index is 0.00871. The van der Waals surface area contributed by atoms with E-state index in [1.54, 1.807) is 0 Å². The Morgan fingerprint density at radius 2 is 1.75 bits per heavy atom. The Morgan fingerprint density at radius 3 is 2.56 bits per heavy atom. The standard InChI is InChI=1S/C29H29FN4O2/c30-23-12-10-21(11-13-23)28(35)33-27(16-22-17-31-26-9-5-4-8-25(22)26)29(36)32-24-14-15-34(19-24)18-20-6-2-1-3-7-20/h1-13,17,24,27,31H,14-16,18-19H2,(H,32,36)(H,33,35). The molecular weight excluding hydrogens is 455 g/mol. The van der Waals surface area contributed by atoms with Crippen LogP contribution in [0.3, 0.4) is 0 Å². The van der Waals surface area contributed by atoms with Gasteiger partial charge in [-0.05, 0) is 47.9 Å². The lowest BCUT2D eigenvalue weighted by Gasteiger charge is -2.22. The molecular formula is C29H29FN4O2. The molecule has 0 spiro atoms. The van der Waals surface area contributed by atoms with Crippen LogP contribution in [0.25, 0.3) is 10.9 Å². The fourth-order valence-electron chi connectivity index (χ4n) is 4.81. The van der Waals surface area contributed by atoms with E-state index < -0.39 is 17.8 Å². The number of carbonyl (C=O) groups excluding carboxylic acids is 2. The number of fused-ring (bicyclic) bond motifs is 1. The number of H-pyrrole nitrogens is 1. The first-order chi connectivity index (χ1) is 17.5. The molecule has 36 heavy (non-hydrogen) atoms. The summed E-state index contributed by atoms with van der Waals surface area (Å²) >= 11 is 0. The monoisotopic (exact) mass is 484 g/mol. The molecule has 1 fully saturated rings. The molecule has 2 atom stereocenters. The van der Waals surface area contributed by atoms with Gasteiger partial charge in [0.15, 0.2) is 0 Å². The van der Waals surface area contributed by atoms with E-state index in [1.807, 2.05) is 48.7 Å². The van der Waals surface area contributed by atoms with Gasteiger partial charge < -0.3 is 15.6 Å². The molecule has 1 saturated heterocycles. The van der Waals surface area contributed by atoms with Gasteiger partial charge in [0.25, 0.3) is 5.91 Å². The van der Waals surface area contributed by atoms with Crippen LogP contribution in [0, 0.1) is 5.82 Å². The second kappa shape index (κ2) is 10.7. The molecule has 0 aliphatic carbocycles. The first-order valence-corrected chi connectivity index (χ1v) is 12.2. The number of hydrogen-bond acceptors (Lipinski definition) is 3. The zero-order valence-electron chi connectivity index (χ0n) is 19.9. The fraction of sp³-hybridized carbons (Fsp3) is 0.241. The molecule has 2 heterocycles. The van der Waals surface area contributed by atoms with Gasteiger partial charge in [0.2, 0.25) is 5.91 Å². The highest BCUT2D eigenvalue weighted by molar-refractivity contribution is 5.98. The molecule has 3 aromatic carbocycles. The van der Waals surface area contributed by atoms with E-state index in [9.17, 15) is 14.0 Å². The highest BCUT2D eigenvalue weighted by atomic mass is 19.1. The van der Waals surface area contributed by atoms with E-state index in [2.05, 4.69) is 32.7 Å². The molecule has 2 amide bonds. The molecule has 1 aliphatic heterocycles. The number of halogens is 1. The van der Waals surface area contributed by atoms with Crippen molar-refractivity contribution in [2.45, 2.75) is 31.5 Å². The lowest BCUT2D eigenvalue weighted by Crippen LogP contribution is -2.51. The van der Waals surface area contributed by atoms with E-state index in [-0.39, 0.29) is 11.9 Å². The predicted molar refractivity (Wildman–Crippen MR) is 138 cm³/mol. The predicted octanol–water partition coefficient (Wildman–Crippen LogP) is 4.04. The number of aromatic nitrogens is 1. The van der Waals surface area contributed by atoms with E-state index in [4.69, 9.17) is 0 Å². The second-order valence-corrected chi connectivity index (χ2v) is 9.31.